The average Bonchev–Trinajstić information content (AvgIpc) is 2.62. The number of para-hydroxylation sites is 2. The summed E-state index contributed by atoms with van der Waals surface area (Å²) >= 11 is 0. The zero-order chi connectivity index (χ0) is 20.7. The van der Waals surface area contributed by atoms with Crippen LogP contribution in [0.4, 0.5) is 14.5 Å². The zero-order valence-corrected chi connectivity index (χ0v) is 15.6. The smallest absolute Gasteiger partial charge is 0.387 e. The first-order valence-corrected chi connectivity index (χ1v) is 8.54. The fourth-order valence-electron chi connectivity index (χ4n) is 2.27. The van der Waals surface area contributed by atoms with E-state index in [1.54, 1.807) is 24.3 Å². The third-order valence-electron chi connectivity index (χ3n) is 3.66. The van der Waals surface area contributed by atoms with Crippen molar-refractivity contribution in [3.8, 4) is 11.5 Å². The summed E-state index contributed by atoms with van der Waals surface area (Å²) in [7, 11) is 0. The quantitative estimate of drug-likeness (QED) is 0.688. The Morgan fingerprint density at radius 2 is 1.68 bits per heavy atom. The molecule has 0 radical (unpaired) electrons. The number of alkyl halides is 2. The van der Waals surface area contributed by atoms with Gasteiger partial charge < -0.3 is 19.5 Å². The minimum Gasteiger partial charge on any atom is -0.479 e. The molecule has 0 aliphatic heterocycles. The molecule has 0 spiro atoms. The summed E-state index contributed by atoms with van der Waals surface area (Å²) in [5.74, 6) is -1.12. The highest BCUT2D eigenvalue weighted by Gasteiger charge is 2.24. The standard InChI is InChI=1S/C20H21F2NO5/c1-12-7-6-8-15(11-12)26-14(3)19(25)27-13(2)18(24)23-16-9-4-5-10-17(16)28-20(21)22/h4-11,13-14,20H,1-3H3,(H,23,24)/t13-,14+/m1/s1. The molecule has 1 amide bonds. The molecule has 0 aliphatic carbocycles. The van der Waals surface area contributed by atoms with E-state index in [1.807, 2.05) is 13.0 Å². The van der Waals surface area contributed by atoms with Crippen LogP contribution in [-0.2, 0) is 14.3 Å². The van der Waals surface area contributed by atoms with Gasteiger partial charge in [-0.3, -0.25) is 4.79 Å². The summed E-state index contributed by atoms with van der Waals surface area (Å²) in [6, 6.07) is 12.9. The van der Waals surface area contributed by atoms with Crippen molar-refractivity contribution in [2.75, 3.05) is 5.32 Å². The third kappa shape index (κ3) is 6.22. The minimum absolute atomic E-state index is 0.0414. The number of halogens is 2. The molecule has 0 aliphatic rings. The molecule has 0 aromatic heterocycles. The Kier molecular flexibility index (Phi) is 7.31. The monoisotopic (exact) mass is 393 g/mol. The number of hydrogen-bond acceptors (Lipinski definition) is 5. The summed E-state index contributed by atoms with van der Waals surface area (Å²) in [6.45, 7) is 1.72. The number of benzene rings is 2. The molecule has 2 aromatic rings. The lowest BCUT2D eigenvalue weighted by Crippen LogP contribution is -2.35. The van der Waals surface area contributed by atoms with E-state index in [2.05, 4.69) is 10.1 Å². The van der Waals surface area contributed by atoms with E-state index < -0.39 is 30.7 Å². The van der Waals surface area contributed by atoms with Gasteiger partial charge >= 0.3 is 12.6 Å². The number of carbonyl (C=O) groups is 2. The Labute approximate surface area is 161 Å². The third-order valence-corrected chi connectivity index (χ3v) is 3.66. The predicted octanol–water partition coefficient (Wildman–Crippen LogP) is 3.93. The van der Waals surface area contributed by atoms with Gasteiger partial charge in [-0.05, 0) is 50.6 Å². The summed E-state index contributed by atoms with van der Waals surface area (Å²) in [5, 5.41) is 2.40. The fourth-order valence-corrected chi connectivity index (χ4v) is 2.27. The zero-order valence-electron chi connectivity index (χ0n) is 15.6. The molecule has 8 heteroatoms. The summed E-state index contributed by atoms with van der Waals surface area (Å²) in [4.78, 5) is 24.4. The van der Waals surface area contributed by atoms with Gasteiger partial charge in [-0.2, -0.15) is 8.78 Å². The van der Waals surface area contributed by atoms with Crippen molar-refractivity contribution in [2.24, 2.45) is 0 Å². The highest BCUT2D eigenvalue weighted by Crippen LogP contribution is 2.25. The molecule has 0 fully saturated rings. The van der Waals surface area contributed by atoms with Crippen LogP contribution >= 0.6 is 0 Å². The van der Waals surface area contributed by atoms with E-state index in [0.717, 1.165) is 5.56 Å². The topological polar surface area (TPSA) is 73.9 Å². The first kappa shape index (κ1) is 21.1. The average molecular weight is 393 g/mol. The van der Waals surface area contributed by atoms with Gasteiger partial charge in [0.15, 0.2) is 12.2 Å². The first-order valence-electron chi connectivity index (χ1n) is 8.54. The number of hydrogen-bond donors (Lipinski definition) is 1. The van der Waals surface area contributed by atoms with Gasteiger partial charge in [-0.15, -0.1) is 0 Å². The van der Waals surface area contributed by atoms with E-state index in [4.69, 9.17) is 9.47 Å². The van der Waals surface area contributed by atoms with Gasteiger partial charge in [0.1, 0.15) is 11.5 Å². The molecule has 2 rings (SSSR count). The highest BCUT2D eigenvalue weighted by atomic mass is 19.3. The lowest BCUT2D eigenvalue weighted by Gasteiger charge is -2.18. The van der Waals surface area contributed by atoms with Crippen LogP contribution in [0.2, 0.25) is 0 Å². The van der Waals surface area contributed by atoms with E-state index in [9.17, 15) is 18.4 Å². The van der Waals surface area contributed by atoms with Crippen LogP contribution in [-0.4, -0.2) is 30.7 Å². The summed E-state index contributed by atoms with van der Waals surface area (Å²) in [5.41, 5.74) is 1.01. The molecule has 0 saturated carbocycles. The molecule has 0 saturated heterocycles. The number of nitrogens with one attached hydrogen (secondary N) is 1. The van der Waals surface area contributed by atoms with Crippen LogP contribution in [0.3, 0.4) is 0 Å². The molecule has 0 unspecified atom stereocenters. The maximum atomic E-state index is 12.4. The lowest BCUT2D eigenvalue weighted by atomic mass is 10.2. The van der Waals surface area contributed by atoms with Crippen LogP contribution in [0.15, 0.2) is 48.5 Å². The van der Waals surface area contributed by atoms with Crippen molar-refractivity contribution >= 4 is 17.6 Å². The maximum absolute atomic E-state index is 12.4. The molecule has 0 bridgehead atoms. The fraction of sp³-hybridized carbons (Fsp3) is 0.300. The number of anilines is 1. The molecule has 1 N–H and O–H groups in total. The second-order valence-electron chi connectivity index (χ2n) is 6.02. The number of esters is 1. The number of aryl methyl sites for hydroxylation is 1. The van der Waals surface area contributed by atoms with Crippen molar-refractivity contribution in [3.05, 3.63) is 54.1 Å². The molecule has 2 aromatic carbocycles. The molecule has 2 atom stereocenters. The number of carbonyl (C=O) groups excluding carboxylic acids is 2. The Morgan fingerprint density at radius 1 is 0.964 bits per heavy atom. The van der Waals surface area contributed by atoms with Crippen LogP contribution in [0.25, 0.3) is 0 Å². The van der Waals surface area contributed by atoms with Crippen molar-refractivity contribution in [2.45, 2.75) is 39.6 Å². The normalized spacial score (nSPS) is 12.8. The van der Waals surface area contributed by atoms with Gasteiger partial charge in [0.25, 0.3) is 5.91 Å². The van der Waals surface area contributed by atoms with Gasteiger partial charge in [-0.1, -0.05) is 24.3 Å². The van der Waals surface area contributed by atoms with Crippen LogP contribution < -0.4 is 14.8 Å². The second-order valence-corrected chi connectivity index (χ2v) is 6.02. The largest absolute Gasteiger partial charge is 0.479 e. The molecular formula is C20H21F2NO5. The lowest BCUT2D eigenvalue weighted by molar-refractivity contribution is -0.159. The number of ether oxygens (including phenoxy) is 3. The second kappa shape index (κ2) is 9.68. The Bertz CT molecular complexity index is 828. The van der Waals surface area contributed by atoms with E-state index in [1.165, 1.54) is 32.0 Å². The van der Waals surface area contributed by atoms with E-state index >= 15 is 0 Å². The van der Waals surface area contributed by atoms with Gasteiger partial charge in [0.05, 0.1) is 5.69 Å². The summed E-state index contributed by atoms with van der Waals surface area (Å²) in [6.07, 6.45) is -2.11. The Balaban J connectivity index is 1.93. The molecule has 150 valence electrons. The van der Waals surface area contributed by atoms with Crippen LogP contribution in [0.1, 0.15) is 19.4 Å². The first-order chi connectivity index (χ1) is 13.3. The van der Waals surface area contributed by atoms with Crippen molar-refractivity contribution in [3.63, 3.8) is 0 Å². The molecule has 28 heavy (non-hydrogen) atoms. The maximum Gasteiger partial charge on any atom is 0.387 e. The van der Waals surface area contributed by atoms with Gasteiger partial charge in [0.2, 0.25) is 0 Å². The van der Waals surface area contributed by atoms with Crippen molar-refractivity contribution in [1.82, 2.24) is 0 Å². The van der Waals surface area contributed by atoms with E-state index in [0.29, 0.717) is 5.75 Å². The van der Waals surface area contributed by atoms with Crippen molar-refractivity contribution in [1.29, 1.82) is 0 Å². The highest BCUT2D eigenvalue weighted by molar-refractivity contribution is 5.96. The number of amides is 1. The number of rotatable bonds is 8. The predicted molar refractivity (Wildman–Crippen MR) is 98.5 cm³/mol. The SMILES string of the molecule is Cc1cccc(O[C@@H](C)C(=O)O[C@H](C)C(=O)Nc2ccccc2OC(F)F)c1. The minimum atomic E-state index is -3.03. The van der Waals surface area contributed by atoms with Gasteiger partial charge in [-0.25, -0.2) is 4.79 Å². The summed E-state index contributed by atoms with van der Waals surface area (Å²) < 4.78 is 39.8. The van der Waals surface area contributed by atoms with Crippen LogP contribution in [0.5, 0.6) is 11.5 Å². The molecule has 6 nitrogen and oxygen atoms in total. The van der Waals surface area contributed by atoms with Gasteiger partial charge in [0, 0.05) is 0 Å². The Hall–Kier alpha value is -3.16. The molecular weight excluding hydrogens is 372 g/mol. The Morgan fingerprint density at radius 3 is 2.36 bits per heavy atom. The van der Waals surface area contributed by atoms with Crippen LogP contribution in [0, 0.1) is 6.92 Å². The van der Waals surface area contributed by atoms with Crippen molar-refractivity contribution < 1.29 is 32.6 Å². The van der Waals surface area contributed by atoms with E-state index in [-0.39, 0.29) is 11.4 Å². The molecule has 0 heterocycles.